The molecule has 0 amide bonds. The number of anilines is 1. The van der Waals surface area contributed by atoms with Gasteiger partial charge in [-0.15, -0.1) is 0 Å². The summed E-state index contributed by atoms with van der Waals surface area (Å²) in [7, 11) is 0. The average Bonchev–Trinajstić information content (AvgIpc) is 3.44. The van der Waals surface area contributed by atoms with Crippen LogP contribution in [0.15, 0.2) is 17.5 Å². The second-order valence-corrected chi connectivity index (χ2v) is 9.88. The Morgan fingerprint density at radius 3 is 2.41 bits per heavy atom. The highest BCUT2D eigenvalue weighted by Crippen LogP contribution is 2.43. The lowest BCUT2D eigenvalue weighted by Crippen LogP contribution is -2.36. The first-order valence-corrected chi connectivity index (χ1v) is 12.2. The number of carbonyl (C=O) groups is 2. The molecule has 0 unspecified atom stereocenters. The molecule has 3 aliphatic rings. The van der Waals surface area contributed by atoms with E-state index in [1.807, 2.05) is 24.0 Å². The van der Waals surface area contributed by atoms with Crippen molar-refractivity contribution in [3.8, 4) is 0 Å². The number of oxime groups is 1. The van der Waals surface area contributed by atoms with Crippen molar-refractivity contribution in [1.29, 1.82) is 0 Å². The molecule has 2 saturated carbocycles. The number of aliphatic carboxylic acids is 2. The summed E-state index contributed by atoms with van der Waals surface area (Å²) >= 11 is 0. The van der Waals surface area contributed by atoms with Gasteiger partial charge in [-0.2, -0.15) is 5.10 Å². The summed E-state index contributed by atoms with van der Waals surface area (Å²) < 4.78 is 1.85. The number of rotatable bonds is 6. The van der Waals surface area contributed by atoms with Crippen molar-refractivity contribution in [3.05, 3.63) is 18.0 Å². The highest BCUT2D eigenvalue weighted by Gasteiger charge is 2.44. The molecule has 5 rings (SSSR count). The quantitative estimate of drug-likeness (QED) is 0.583. The number of pyridine rings is 1. The maximum Gasteiger partial charge on any atom is 0.306 e. The third-order valence-corrected chi connectivity index (χ3v) is 7.79. The molecule has 0 bridgehead atoms. The van der Waals surface area contributed by atoms with Gasteiger partial charge >= 0.3 is 11.9 Å². The van der Waals surface area contributed by atoms with Gasteiger partial charge in [0.05, 0.1) is 34.8 Å². The summed E-state index contributed by atoms with van der Waals surface area (Å²) in [5.41, 5.74) is 2.96. The number of nitrogens with zero attached hydrogens (tertiary/aromatic N) is 4. The Labute approximate surface area is 197 Å². The van der Waals surface area contributed by atoms with Gasteiger partial charge in [0, 0.05) is 30.8 Å². The number of fused-ring (bicyclic) bond motifs is 1. The second kappa shape index (κ2) is 8.88. The van der Waals surface area contributed by atoms with Crippen LogP contribution in [0.3, 0.4) is 0 Å². The van der Waals surface area contributed by atoms with E-state index in [0.29, 0.717) is 51.5 Å². The van der Waals surface area contributed by atoms with Crippen LogP contribution in [-0.2, 0) is 21.0 Å². The molecular weight excluding hydrogens is 438 g/mol. The minimum atomic E-state index is -0.735. The lowest BCUT2D eigenvalue weighted by Gasteiger charge is -2.33. The molecule has 0 saturated heterocycles. The number of carboxylic acid groups (broad SMARTS) is 2. The topological polar surface area (TPSA) is 139 Å². The molecule has 1 spiro atoms. The van der Waals surface area contributed by atoms with Crippen LogP contribution in [0, 0.1) is 11.8 Å². The van der Waals surface area contributed by atoms with Crippen LogP contribution in [0.4, 0.5) is 5.69 Å². The highest BCUT2D eigenvalue weighted by atomic mass is 16.7. The molecule has 2 fully saturated rings. The predicted octanol–water partition coefficient (Wildman–Crippen LogP) is 3.64. The largest absolute Gasteiger partial charge is 0.481 e. The Morgan fingerprint density at radius 2 is 1.76 bits per heavy atom. The maximum atomic E-state index is 11.4. The summed E-state index contributed by atoms with van der Waals surface area (Å²) in [6, 6.07) is 0.160. The molecule has 10 nitrogen and oxygen atoms in total. The third-order valence-electron chi connectivity index (χ3n) is 7.79. The summed E-state index contributed by atoms with van der Waals surface area (Å²) in [5, 5.41) is 32.2. The molecule has 182 valence electrons. The molecular formula is C24H31N5O5. The lowest BCUT2D eigenvalue weighted by atomic mass is 9.76. The summed E-state index contributed by atoms with van der Waals surface area (Å²) in [5.74, 6) is -2.03. The van der Waals surface area contributed by atoms with E-state index in [9.17, 15) is 19.8 Å². The van der Waals surface area contributed by atoms with E-state index >= 15 is 0 Å². The highest BCUT2D eigenvalue weighted by molar-refractivity contribution is 6.10. The zero-order valence-corrected chi connectivity index (χ0v) is 19.4. The van der Waals surface area contributed by atoms with E-state index in [-0.39, 0.29) is 17.9 Å². The van der Waals surface area contributed by atoms with Gasteiger partial charge in [0.2, 0.25) is 0 Å². The SMILES string of the molecule is CCn1ncc2c(NC3CCC(C(=O)O)CC3)c(C3=NOC4(CCC(C(=O)O)CC4)C3)cnc21. The Morgan fingerprint density at radius 1 is 1.09 bits per heavy atom. The van der Waals surface area contributed by atoms with Crippen molar-refractivity contribution >= 4 is 34.4 Å². The van der Waals surface area contributed by atoms with Crippen LogP contribution in [0.5, 0.6) is 0 Å². The molecule has 2 aromatic heterocycles. The van der Waals surface area contributed by atoms with Crippen LogP contribution >= 0.6 is 0 Å². The molecule has 0 atom stereocenters. The second-order valence-electron chi connectivity index (χ2n) is 9.88. The summed E-state index contributed by atoms with van der Waals surface area (Å²) in [6.45, 7) is 2.73. The molecule has 1 aliphatic heterocycles. The zero-order chi connectivity index (χ0) is 23.9. The van der Waals surface area contributed by atoms with E-state index in [1.54, 1.807) is 0 Å². The standard InChI is InChI=1S/C24H31N5O5/c1-2-29-21-18(13-26-29)20(27-16-5-3-14(4-6-16)22(30)31)17(12-25-21)19-11-24(34-28-19)9-7-15(8-10-24)23(32)33/h12-16H,2-11H2,1H3,(H,25,27)(H,30,31)(H,32,33). The Bertz CT molecular complexity index is 1130. The van der Waals surface area contributed by atoms with Gasteiger partial charge < -0.3 is 20.4 Å². The van der Waals surface area contributed by atoms with Crippen molar-refractivity contribution in [1.82, 2.24) is 14.8 Å². The van der Waals surface area contributed by atoms with Gasteiger partial charge in [-0.05, 0) is 58.3 Å². The predicted molar refractivity (Wildman–Crippen MR) is 125 cm³/mol. The Kier molecular flexibility index (Phi) is 5.91. The average molecular weight is 470 g/mol. The fourth-order valence-electron chi connectivity index (χ4n) is 5.65. The van der Waals surface area contributed by atoms with E-state index in [0.717, 1.165) is 40.8 Å². The van der Waals surface area contributed by atoms with Crippen LogP contribution in [-0.4, -0.2) is 54.3 Å². The molecule has 10 heteroatoms. The summed E-state index contributed by atoms with van der Waals surface area (Å²) in [4.78, 5) is 33.4. The van der Waals surface area contributed by atoms with E-state index in [2.05, 4.69) is 20.6 Å². The maximum absolute atomic E-state index is 11.4. The molecule has 3 N–H and O–H groups in total. The number of hydrogen-bond acceptors (Lipinski definition) is 7. The zero-order valence-electron chi connectivity index (χ0n) is 19.4. The van der Waals surface area contributed by atoms with Gasteiger partial charge in [-0.25, -0.2) is 9.67 Å². The molecule has 2 aliphatic carbocycles. The fourth-order valence-corrected chi connectivity index (χ4v) is 5.65. The molecule has 3 heterocycles. The van der Waals surface area contributed by atoms with Gasteiger partial charge in [0.25, 0.3) is 0 Å². The van der Waals surface area contributed by atoms with Crippen LogP contribution in [0.25, 0.3) is 11.0 Å². The molecule has 0 aromatic carbocycles. The first-order valence-electron chi connectivity index (χ1n) is 12.2. The van der Waals surface area contributed by atoms with Crippen LogP contribution < -0.4 is 5.32 Å². The van der Waals surface area contributed by atoms with Crippen LogP contribution in [0.2, 0.25) is 0 Å². The number of carboxylic acids is 2. The lowest BCUT2D eigenvalue weighted by molar-refractivity contribution is -0.145. The van der Waals surface area contributed by atoms with Gasteiger partial charge in [-0.1, -0.05) is 5.16 Å². The third kappa shape index (κ3) is 4.10. The number of aromatic nitrogens is 3. The minimum absolute atomic E-state index is 0.160. The van der Waals surface area contributed by atoms with Crippen molar-refractivity contribution < 1.29 is 24.6 Å². The van der Waals surface area contributed by atoms with Crippen molar-refractivity contribution in [3.63, 3.8) is 0 Å². The molecule has 2 aromatic rings. The first-order chi connectivity index (χ1) is 16.4. The van der Waals surface area contributed by atoms with Crippen molar-refractivity contribution in [2.45, 2.75) is 82.9 Å². The van der Waals surface area contributed by atoms with Gasteiger partial charge in [0.15, 0.2) is 5.65 Å². The van der Waals surface area contributed by atoms with Gasteiger partial charge in [-0.3, -0.25) is 9.59 Å². The number of aryl methyl sites for hydroxylation is 1. The van der Waals surface area contributed by atoms with Crippen LogP contribution in [0.1, 0.15) is 70.3 Å². The Hall–Kier alpha value is -3.17. The number of hydrogen-bond donors (Lipinski definition) is 3. The first kappa shape index (κ1) is 22.6. The molecule has 34 heavy (non-hydrogen) atoms. The normalized spacial score (nSPS) is 29.1. The Balaban J connectivity index is 1.40. The van der Waals surface area contributed by atoms with Crippen molar-refractivity contribution in [2.24, 2.45) is 17.0 Å². The smallest absolute Gasteiger partial charge is 0.306 e. The van der Waals surface area contributed by atoms with Gasteiger partial charge in [0.1, 0.15) is 5.60 Å². The van der Waals surface area contributed by atoms with E-state index < -0.39 is 17.5 Å². The van der Waals surface area contributed by atoms with E-state index in [4.69, 9.17) is 4.84 Å². The minimum Gasteiger partial charge on any atom is -0.481 e. The van der Waals surface area contributed by atoms with E-state index in [1.165, 1.54) is 0 Å². The number of nitrogens with one attached hydrogen (secondary N) is 1. The molecule has 0 radical (unpaired) electrons. The summed E-state index contributed by atoms with van der Waals surface area (Å²) in [6.07, 6.45) is 9.67. The fraction of sp³-hybridized carbons (Fsp3) is 0.625. The van der Waals surface area contributed by atoms with Crippen molar-refractivity contribution in [2.75, 3.05) is 5.32 Å². The monoisotopic (exact) mass is 469 g/mol.